The van der Waals surface area contributed by atoms with Crippen LogP contribution in [-0.4, -0.2) is 21.4 Å². The van der Waals surface area contributed by atoms with Gasteiger partial charge in [-0.1, -0.05) is 23.4 Å². The smallest absolute Gasteiger partial charge is 0.144 e. The Kier molecular flexibility index (Phi) is 4.52. The van der Waals surface area contributed by atoms with E-state index in [1.54, 1.807) is 0 Å². The van der Waals surface area contributed by atoms with Crippen molar-refractivity contribution in [2.24, 2.45) is 5.16 Å². The second kappa shape index (κ2) is 7.10. The van der Waals surface area contributed by atoms with Crippen molar-refractivity contribution in [3.8, 4) is 11.5 Å². The van der Waals surface area contributed by atoms with Crippen molar-refractivity contribution in [3.05, 3.63) is 66.5 Å². The average Bonchev–Trinajstić information content (AvgIpc) is 2.61. The molecule has 0 aliphatic heterocycles. The van der Waals surface area contributed by atoms with Gasteiger partial charge in [0.1, 0.15) is 29.5 Å². The number of ether oxygens (including phenoxy) is 1. The van der Waals surface area contributed by atoms with E-state index in [4.69, 9.17) is 15.7 Å². The Balaban J connectivity index is 1.76. The topological polar surface area (TPSA) is 106 Å². The van der Waals surface area contributed by atoms with Gasteiger partial charge in [-0.25, -0.2) is 9.97 Å². The Labute approximate surface area is 138 Å². The van der Waals surface area contributed by atoms with Gasteiger partial charge in [0.2, 0.25) is 0 Å². The first kappa shape index (κ1) is 15.3. The molecule has 0 fully saturated rings. The van der Waals surface area contributed by atoms with Crippen LogP contribution in [-0.2, 0) is 0 Å². The first-order valence-electron chi connectivity index (χ1n) is 7.14. The average molecular weight is 321 g/mol. The molecule has 0 unspecified atom stereocenters. The first-order valence-corrected chi connectivity index (χ1v) is 7.14. The van der Waals surface area contributed by atoms with Crippen LogP contribution in [0.3, 0.4) is 0 Å². The molecule has 7 nitrogen and oxygen atoms in total. The second-order valence-corrected chi connectivity index (χ2v) is 4.83. The van der Waals surface area contributed by atoms with E-state index in [0.29, 0.717) is 17.1 Å². The summed E-state index contributed by atoms with van der Waals surface area (Å²) in [6.45, 7) is 0. The van der Waals surface area contributed by atoms with E-state index in [9.17, 15) is 0 Å². The Hall–Kier alpha value is -3.61. The summed E-state index contributed by atoms with van der Waals surface area (Å²) in [5.74, 6) is 2.14. The lowest BCUT2D eigenvalue weighted by Gasteiger charge is -2.10. The summed E-state index contributed by atoms with van der Waals surface area (Å²) in [7, 11) is 0. The number of rotatable bonds is 5. The SMILES string of the molecule is Nc1ncnc(Nc2ccc(Oc3ccccc3)cc2)c1/C=N/O. The number of anilines is 3. The lowest BCUT2D eigenvalue weighted by atomic mass is 10.2. The molecule has 0 aliphatic carbocycles. The Morgan fingerprint density at radius 2 is 1.71 bits per heavy atom. The van der Waals surface area contributed by atoms with Crippen molar-refractivity contribution in [2.75, 3.05) is 11.1 Å². The number of aromatic nitrogens is 2. The summed E-state index contributed by atoms with van der Waals surface area (Å²) >= 11 is 0. The Bertz CT molecular complexity index is 835. The van der Waals surface area contributed by atoms with Gasteiger partial charge in [-0.15, -0.1) is 0 Å². The molecule has 24 heavy (non-hydrogen) atoms. The Morgan fingerprint density at radius 3 is 2.42 bits per heavy atom. The van der Waals surface area contributed by atoms with Gasteiger partial charge < -0.3 is 21.0 Å². The summed E-state index contributed by atoms with van der Waals surface area (Å²) in [5.41, 5.74) is 6.94. The van der Waals surface area contributed by atoms with E-state index >= 15 is 0 Å². The third-order valence-electron chi connectivity index (χ3n) is 3.20. The van der Waals surface area contributed by atoms with Crippen molar-refractivity contribution in [3.63, 3.8) is 0 Å². The molecule has 0 radical (unpaired) electrons. The molecule has 3 aromatic rings. The normalized spacial score (nSPS) is 10.7. The van der Waals surface area contributed by atoms with Crippen LogP contribution in [0.15, 0.2) is 66.1 Å². The summed E-state index contributed by atoms with van der Waals surface area (Å²) in [5, 5.41) is 14.8. The van der Waals surface area contributed by atoms with E-state index in [-0.39, 0.29) is 5.82 Å². The van der Waals surface area contributed by atoms with Crippen LogP contribution in [0.25, 0.3) is 0 Å². The fourth-order valence-corrected chi connectivity index (χ4v) is 2.06. The van der Waals surface area contributed by atoms with Gasteiger partial charge >= 0.3 is 0 Å². The van der Waals surface area contributed by atoms with Crippen LogP contribution in [0.1, 0.15) is 5.56 Å². The van der Waals surface area contributed by atoms with E-state index in [1.807, 2.05) is 54.6 Å². The molecule has 0 spiro atoms. The van der Waals surface area contributed by atoms with Crippen molar-refractivity contribution in [2.45, 2.75) is 0 Å². The number of nitrogen functional groups attached to an aromatic ring is 1. The molecule has 4 N–H and O–H groups in total. The summed E-state index contributed by atoms with van der Waals surface area (Å²) in [6.07, 6.45) is 2.52. The highest BCUT2D eigenvalue weighted by atomic mass is 16.5. The first-order chi connectivity index (χ1) is 11.8. The fourth-order valence-electron chi connectivity index (χ4n) is 2.06. The van der Waals surface area contributed by atoms with Crippen LogP contribution in [0.4, 0.5) is 17.3 Å². The predicted octanol–water partition coefficient (Wildman–Crippen LogP) is 3.40. The number of oxime groups is 1. The van der Waals surface area contributed by atoms with Gasteiger partial charge in [0, 0.05) is 5.69 Å². The van der Waals surface area contributed by atoms with E-state index in [1.165, 1.54) is 12.5 Å². The van der Waals surface area contributed by atoms with Gasteiger partial charge in [-0.2, -0.15) is 0 Å². The maximum Gasteiger partial charge on any atom is 0.144 e. The molecule has 0 amide bonds. The van der Waals surface area contributed by atoms with Gasteiger partial charge in [-0.05, 0) is 36.4 Å². The molecule has 3 rings (SSSR count). The van der Waals surface area contributed by atoms with Gasteiger partial charge in [0.15, 0.2) is 0 Å². The van der Waals surface area contributed by atoms with E-state index < -0.39 is 0 Å². The number of nitrogens with zero attached hydrogens (tertiary/aromatic N) is 3. The standard InChI is InChI=1S/C17H15N5O2/c18-16-15(10-21-23)17(20-11-19-16)22-12-6-8-14(9-7-12)24-13-4-2-1-3-5-13/h1-11,23H,(H3,18,19,20,22)/b21-10+. The fraction of sp³-hybridized carbons (Fsp3) is 0. The van der Waals surface area contributed by atoms with Gasteiger partial charge in [-0.3, -0.25) is 0 Å². The number of nitrogens with two attached hydrogens (primary N) is 1. The molecule has 1 heterocycles. The minimum Gasteiger partial charge on any atom is -0.457 e. The van der Waals surface area contributed by atoms with Gasteiger partial charge in [0.25, 0.3) is 0 Å². The minimum absolute atomic E-state index is 0.217. The molecule has 0 atom stereocenters. The third-order valence-corrected chi connectivity index (χ3v) is 3.20. The highest BCUT2D eigenvalue weighted by molar-refractivity contribution is 5.92. The number of benzene rings is 2. The molecule has 0 aliphatic rings. The zero-order valence-corrected chi connectivity index (χ0v) is 12.6. The number of nitrogens with one attached hydrogen (secondary N) is 1. The van der Waals surface area contributed by atoms with Crippen LogP contribution in [0.2, 0.25) is 0 Å². The number of para-hydroxylation sites is 1. The lowest BCUT2D eigenvalue weighted by Crippen LogP contribution is -2.04. The summed E-state index contributed by atoms with van der Waals surface area (Å²) in [6, 6.07) is 16.9. The number of hydrogen-bond acceptors (Lipinski definition) is 7. The molecule has 0 bridgehead atoms. The molecule has 7 heteroatoms. The monoisotopic (exact) mass is 321 g/mol. The summed E-state index contributed by atoms with van der Waals surface area (Å²) in [4.78, 5) is 7.97. The number of hydrogen-bond donors (Lipinski definition) is 3. The molecule has 0 saturated carbocycles. The predicted molar refractivity (Wildman–Crippen MR) is 92.1 cm³/mol. The quantitative estimate of drug-likeness (QED) is 0.378. The Morgan fingerprint density at radius 1 is 1.00 bits per heavy atom. The second-order valence-electron chi connectivity index (χ2n) is 4.83. The molecular formula is C17H15N5O2. The summed E-state index contributed by atoms with van der Waals surface area (Å²) < 4.78 is 5.74. The maximum absolute atomic E-state index is 8.73. The molecule has 120 valence electrons. The maximum atomic E-state index is 8.73. The zero-order valence-electron chi connectivity index (χ0n) is 12.6. The highest BCUT2D eigenvalue weighted by Gasteiger charge is 2.08. The van der Waals surface area contributed by atoms with E-state index in [0.717, 1.165) is 11.4 Å². The molecule has 0 saturated heterocycles. The van der Waals surface area contributed by atoms with Crippen molar-refractivity contribution >= 4 is 23.5 Å². The van der Waals surface area contributed by atoms with Crippen LogP contribution >= 0.6 is 0 Å². The van der Waals surface area contributed by atoms with Crippen molar-refractivity contribution in [1.82, 2.24) is 9.97 Å². The zero-order chi connectivity index (χ0) is 16.8. The van der Waals surface area contributed by atoms with Crippen LogP contribution in [0, 0.1) is 0 Å². The lowest BCUT2D eigenvalue weighted by molar-refractivity contribution is 0.322. The largest absolute Gasteiger partial charge is 0.457 e. The molecule has 1 aromatic heterocycles. The van der Waals surface area contributed by atoms with Crippen LogP contribution in [0.5, 0.6) is 11.5 Å². The van der Waals surface area contributed by atoms with Crippen molar-refractivity contribution < 1.29 is 9.94 Å². The molecular weight excluding hydrogens is 306 g/mol. The minimum atomic E-state index is 0.217. The van der Waals surface area contributed by atoms with E-state index in [2.05, 4.69) is 20.4 Å². The molecule has 2 aromatic carbocycles. The van der Waals surface area contributed by atoms with Crippen LogP contribution < -0.4 is 15.8 Å². The third kappa shape index (κ3) is 3.58. The van der Waals surface area contributed by atoms with Gasteiger partial charge in [0.05, 0.1) is 11.8 Å². The highest BCUT2D eigenvalue weighted by Crippen LogP contribution is 2.25. The van der Waals surface area contributed by atoms with Crippen molar-refractivity contribution in [1.29, 1.82) is 0 Å².